The minimum Gasteiger partial charge on any atom is -0.481 e. The zero-order valence-electron chi connectivity index (χ0n) is 12.4. The van der Waals surface area contributed by atoms with Crippen molar-refractivity contribution in [3.8, 4) is 0 Å². The molecule has 0 heterocycles. The molecule has 5 nitrogen and oxygen atoms in total. The molecule has 1 rings (SSSR count). The van der Waals surface area contributed by atoms with Gasteiger partial charge in [0.15, 0.2) is 0 Å². The summed E-state index contributed by atoms with van der Waals surface area (Å²) < 4.78 is 0. The summed E-state index contributed by atoms with van der Waals surface area (Å²) in [5, 5.41) is 11.6. The molecular formula is C15H22N2O3. The number of rotatable bonds is 5. The fourth-order valence-corrected chi connectivity index (χ4v) is 1.92. The van der Waals surface area contributed by atoms with Crippen LogP contribution in [0.25, 0.3) is 0 Å². The highest BCUT2D eigenvalue weighted by atomic mass is 16.4. The summed E-state index contributed by atoms with van der Waals surface area (Å²) in [4.78, 5) is 23.2. The molecule has 0 aliphatic heterocycles. The van der Waals surface area contributed by atoms with Crippen LogP contribution in [0.4, 0.5) is 5.69 Å². The van der Waals surface area contributed by atoms with Crippen molar-refractivity contribution in [3.05, 3.63) is 29.8 Å². The summed E-state index contributed by atoms with van der Waals surface area (Å²) in [6.07, 6.45) is -0.128. The van der Waals surface area contributed by atoms with Gasteiger partial charge in [-0.05, 0) is 45.4 Å². The number of hydrogen-bond acceptors (Lipinski definition) is 3. The molecule has 0 aliphatic rings. The Hall–Kier alpha value is -2.04. The highest BCUT2D eigenvalue weighted by Gasteiger charge is 2.34. The van der Waals surface area contributed by atoms with Gasteiger partial charge >= 0.3 is 5.97 Å². The van der Waals surface area contributed by atoms with Crippen molar-refractivity contribution in [2.24, 2.45) is 0 Å². The molecule has 0 saturated carbocycles. The minimum absolute atomic E-state index is 0.128. The number of hydrogen-bond donors (Lipinski definition) is 3. The van der Waals surface area contributed by atoms with Crippen LogP contribution in [0.1, 0.15) is 39.7 Å². The van der Waals surface area contributed by atoms with Gasteiger partial charge in [-0.2, -0.15) is 0 Å². The van der Waals surface area contributed by atoms with Crippen LogP contribution >= 0.6 is 0 Å². The summed E-state index contributed by atoms with van der Waals surface area (Å²) in [5.74, 6) is -1.16. The maximum Gasteiger partial charge on any atom is 0.305 e. The predicted molar refractivity (Wildman–Crippen MR) is 78.4 cm³/mol. The second kappa shape index (κ2) is 5.53. The normalized spacial score (nSPS) is 12.0. The molecule has 110 valence electrons. The van der Waals surface area contributed by atoms with Crippen molar-refractivity contribution in [2.75, 3.05) is 5.73 Å². The average Bonchev–Trinajstić information content (AvgIpc) is 2.26. The molecule has 4 N–H and O–H groups in total. The predicted octanol–water partition coefficient (Wildman–Crippen LogP) is 1.92. The number of carboxylic acids is 1. The first kappa shape index (κ1) is 16.0. The van der Waals surface area contributed by atoms with Gasteiger partial charge in [-0.15, -0.1) is 0 Å². The van der Waals surface area contributed by atoms with E-state index in [0.29, 0.717) is 5.69 Å². The quantitative estimate of drug-likeness (QED) is 0.717. The number of aliphatic carboxylic acids is 1. The molecule has 1 amide bonds. The van der Waals surface area contributed by atoms with Gasteiger partial charge in [0.05, 0.1) is 11.8 Å². The first-order valence-corrected chi connectivity index (χ1v) is 6.45. The van der Waals surface area contributed by atoms with Crippen LogP contribution in [0, 0.1) is 0 Å². The van der Waals surface area contributed by atoms with E-state index in [1.165, 1.54) is 0 Å². The van der Waals surface area contributed by atoms with Crippen LogP contribution in [-0.4, -0.2) is 22.5 Å². The first-order chi connectivity index (χ1) is 9.04. The monoisotopic (exact) mass is 278 g/mol. The van der Waals surface area contributed by atoms with E-state index < -0.39 is 16.9 Å². The molecule has 0 fully saturated rings. The van der Waals surface area contributed by atoms with Crippen molar-refractivity contribution >= 4 is 17.6 Å². The summed E-state index contributed by atoms with van der Waals surface area (Å²) in [6.45, 7) is 6.98. The highest BCUT2D eigenvalue weighted by molar-refractivity contribution is 5.88. The Labute approximate surface area is 119 Å². The molecule has 5 heteroatoms. The van der Waals surface area contributed by atoms with E-state index in [4.69, 9.17) is 10.8 Å². The van der Waals surface area contributed by atoms with Crippen LogP contribution in [0.5, 0.6) is 0 Å². The molecule has 0 radical (unpaired) electrons. The van der Waals surface area contributed by atoms with Crippen molar-refractivity contribution < 1.29 is 14.7 Å². The largest absolute Gasteiger partial charge is 0.481 e. The Morgan fingerprint density at radius 3 is 2.10 bits per heavy atom. The topological polar surface area (TPSA) is 92.4 Å². The Kier molecular flexibility index (Phi) is 4.43. The van der Waals surface area contributed by atoms with Crippen LogP contribution in [-0.2, 0) is 15.0 Å². The van der Waals surface area contributed by atoms with Gasteiger partial charge in [-0.3, -0.25) is 9.59 Å². The first-order valence-electron chi connectivity index (χ1n) is 6.45. The maximum absolute atomic E-state index is 12.4. The van der Waals surface area contributed by atoms with Crippen LogP contribution in [0.2, 0.25) is 0 Å². The maximum atomic E-state index is 12.4. The van der Waals surface area contributed by atoms with Crippen molar-refractivity contribution in [2.45, 2.75) is 45.1 Å². The third-order valence-corrected chi connectivity index (χ3v) is 3.25. The molecule has 0 spiro atoms. The van der Waals surface area contributed by atoms with E-state index in [2.05, 4.69) is 5.32 Å². The number of nitrogen functional groups attached to an aromatic ring is 1. The van der Waals surface area contributed by atoms with Gasteiger partial charge in [-0.25, -0.2) is 0 Å². The fourth-order valence-electron chi connectivity index (χ4n) is 1.92. The molecule has 0 unspecified atom stereocenters. The van der Waals surface area contributed by atoms with Gasteiger partial charge in [0.1, 0.15) is 0 Å². The molecule has 0 bridgehead atoms. The van der Waals surface area contributed by atoms with Gasteiger partial charge in [0, 0.05) is 11.2 Å². The van der Waals surface area contributed by atoms with E-state index in [-0.39, 0.29) is 12.3 Å². The van der Waals surface area contributed by atoms with Gasteiger partial charge in [-0.1, -0.05) is 12.1 Å². The second-order valence-corrected chi connectivity index (χ2v) is 6.16. The number of nitrogens with two attached hydrogens (primary N) is 1. The van der Waals surface area contributed by atoms with Crippen molar-refractivity contribution in [1.29, 1.82) is 0 Å². The number of nitrogens with one attached hydrogen (secondary N) is 1. The zero-order chi connectivity index (χ0) is 15.6. The Bertz CT molecular complexity index is 504. The third kappa shape index (κ3) is 3.98. The lowest BCUT2D eigenvalue weighted by Crippen LogP contribution is -2.51. The van der Waals surface area contributed by atoms with Crippen molar-refractivity contribution in [3.63, 3.8) is 0 Å². The molecule has 1 aromatic rings. The number of carboxylic acid groups (broad SMARTS) is 1. The lowest BCUT2D eigenvalue weighted by atomic mass is 9.82. The smallest absolute Gasteiger partial charge is 0.305 e. The molecule has 0 aromatic heterocycles. The lowest BCUT2D eigenvalue weighted by molar-refractivity contribution is -0.139. The average molecular weight is 278 g/mol. The van der Waals surface area contributed by atoms with E-state index in [9.17, 15) is 9.59 Å². The standard InChI is InChI=1S/C15H22N2O3/c1-14(2,9-12(18)19)17-13(20)15(3,4)10-5-7-11(16)8-6-10/h5-8H,9,16H2,1-4H3,(H,17,20)(H,18,19). The minimum atomic E-state index is -0.944. The highest BCUT2D eigenvalue weighted by Crippen LogP contribution is 2.25. The summed E-state index contributed by atoms with van der Waals surface area (Å²) in [6, 6.07) is 7.09. The third-order valence-electron chi connectivity index (χ3n) is 3.25. The molecular weight excluding hydrogens is 256 g/mol. The Morgan fingerprint density at radius 1 is 1.15 bits per heavy atom. The number of benzene rings is 1. The van der Waals surface area contributed by atoms with Gasteiger partial charge < -0.3 is 16.2 Å². The molecule has 0 aliphatic carbocycles. The van der Waals surface area contributed by atoms with Crippen LogP contribution in [0.3, 0.4) is 0 Å². The van der Waals surface area contributed by atoms with E-state index in [1.807, 2.05) is 0 Å². The second-order valence-electron chi connectivity index (χ2n) is 6.16. The molecule has 0 saturated heterocycles. The summed E-state index contributed by atoms with van der Waals surface area (Å²) in [7, 11) is 0. The molecule has 0 atom stereocenters. The summed E-state index contributed by atoms with van der Waals surface area (Å²) >= 11 is 0. The van der Waals surface area contributed by atoms with E-state index in [1.54, 1.807) is 52.0 Å². The fraction of sp³-hybridized carbons (Fsp3) is 0.467. The lowest BCUT2D eigenvalue weighted by Gasteiger charge is -2.31. The Morgan fingerprint density at radius 2 is 1.65 bits per heavy atom. The van der Waals surface area contributed by atoms with Crippen LogP contribution in [0.15, 0.2) is 24.3 Å². The molecule has 20 heavy (non-hydrogen) atoms. The van der Waals surface area contributed by atoms with Gasteiger partial charge in [0.25, 0.3) is 0 Å². The van der Waals surface area contributed by atoms with E-state index >= 15 is 0 Å². The number of amides is 1. The molecule has 1 aromatic carbocycles. The number of carbonyl (C=O) groups is 2. The Balaban J connectivity index is 2.89. The summed E-state index contributed by atoms with van der Waals surface area (Å²) in [5.41, 5.74) is 5.54. The van der Waals surface area contributed by atoms with Crippen LogP contribution < -0.4 is 11.1 Å². The zero-order valence-corrected chi connectivity index (χ0v) is 12.4. The van der Waals surface area contributed by atoms with E-state index in [0.717, 1.165) is 5.56 Å². The van der Waals surface area contributed by atoms with Crippen molar-refractivity contribution in [1.82, 2.24) is 5.32 Å². The number of anilines is 1. The van der Waals surface area contributed by atoms with Gasteiger partial charge in [0.2, 0.25) is 5.91 Å². The number of carbonyl (C=O) groups excluding carboxylic acids is 1. The SMILES string of the molecule is CC(C)(CC(=O)O)NC(=O)C(C)(C)c1ccc(N)cc1.